The fourth-order valence-electron chi connectivity index (χ4n) is 1.71. The molecule has 0 aromatic heterocycles. The van der Waals surface area contributed by atoms with Gasteiger partial charge in [0, 0.05) is 21.7 Å². The molecule has 0 aliphatic carbocycles. The highest BCUT2D eigenvalue weighted by Crippen LogP contribution is 2.25. The molecule has 4 heteroatoms. The zero-order chi connectivity index (χ0) is 13.8. The first-order valence-corrected chi connectivity index (χ1v) is 6.96. The molecule has 0 spiro atoms. The molecule has 0 fully saturated rings. The third-order valence-electron chi connectivity index (χ3n) is 2.78. The maximum absolute atomic E-state index is 8.81. The van der Waals surface area contributed by atoms with Gasteiger partial charge in [0.2, 0.25) is 0 Å². The van der Waals surface area contributed by atoms with E-state index in [-0.39, 0.29) is 0 Å². The molecule has 2 rings (SSSR count). The molecule has 0 amide bonds. The Kier molecular flexibility index (Phi) is 4.47. The van der Waals surface area contributed by atoms with Gasteiger partial charge in [0.25, 0.3) is 0 Å². The summed E-state index contributed by atoms with van der Waals surface area (Å²) in [6.45, 7) is 2.66. The summed E-state index contributed by atoms with van der Waals surface area (Å²) in [5, 5.41) is 12.9. The molecular weight excluding hydrogens is 324 g/mol. The summed E-state index contributed by atoms with van der Waals surface area (Å²) in [5.74, 6) is 0. The lowest BCUT2D eigenvalue weighted by Gasteiger charge is -2.10. The number of nitrogens with zero attached hydrogens (tertiary/aromatic N) is 1. The summed E-state index contributed by atoms with van der Waals surface area (Å²) in [6, 6.07) is 13.6. The van der Waals surface area contributed by atoms with Crippen molar-refractivity contribution in [3.8, 4) is 6.07 Å². The first-order valence-electron chi connectivity index (χ1n) is 5.78. The van der Waals surface area contributed by atoms with Crippen molar-refractivity contribution in [3.63, 3.8) is 0 Å². The lowest BCUT2D eigenvalue weighted by atomic mass is 10.1. The summed E-state index contributed by atoms with van der Waals surface area (Å²) >= 11 is 9.63. The Morgan fingerprint density at radius 1 is 1.26 bits per heavy atom. The normalized spacial score (nSPS) is 10.0. The second-order valence-electron chi connectivity index (χ2n) is 4.25. The van der Waals surface area contributed by atoms with Crippen molar-refractivity contribution >= 4 is 33.2 Å². The van der Waals surface area contributed by atoms with Crippen LogP contribution in [0.15, 0.2) is 40.9 Å². The van der Waals surface area contributed by atoms with Crippen LogP contribution in [0.25, 0.3) is 0 Å². The maximum atomic E-state index is 8.81. The van der Waals surface area contributed by atoms with Crippen LogP contribution in [0.2, 0.25) is 5.02 Å². The van der Waals surface area contributed by atoms with E-state index in [0.29, 0.717) is 12.1 Å². The van der Waals surface area contributed by atoms with Crippen LogP contribution in [0.4, 0.5) is 5.69 Å². The quantitative estimate of drug-likeness (QED) is 0.866. The number of halogens is 2. The Hall–Kier alpha value is -1.50. The highest BCUT2D eigenvalue weighted by atomic mass is 79.9. The number of anilines is 1. The van der Waals surface area contributed by atoms with Crippen LogP contribution < -0.4 is 5.32 Å². The molecule has 0 heterocycles. The fraction of sp³-hybridized carbons (Fsp3) is 0.133. The molecule has 0 atom stereocenters. The first kappa shape index (κ1) is 13.9. The zero-order valence-electron chi connectivity index (χ0n) is 10.4. The molecule has 1 N–H and O–H groups in total. The minimum atomic E-state index is 0.630. The zero-order valence-corrected chi connectivity index (χ0v) is 12.7. The first-order chi connectivity index (χ1) is 9.10. The van der Waals surface area contributed by atoms with Gasteiger partial charge in [-0.25, -0.2) is 0 Å². The van der Waals surface area contributed by atoms with Crippen molar-refractivity contribution in [2.75, 3.05) is 5.32 Å². The summed E-state index contributed by atoms with van der Waals surface area (Å²) in [4.78, 5) is 0. The summed E-state index contributed by atoms with van der Waals surface area (Å²) in [6.07, 6.45) is 0. The molecule has 19 heavy (non-hydrogen) atoms. The van der Waals surface area contributed by atoms with Crippen LogP contribution in [-0.4, -0.2) is 0 Å². The maximum Gasteiger partial charge on any atom is 0.0992 e. The Bertz CT molecular complexity index is 647. The molecule has 0 saturated heterocycles. The van der Waals surface area contributed by atoms with Crippen molar-refractivity contribution in [3.05, 3.63) is 62.6 Å². The van der Waals surface area contributed by atoms with Crippen LogP contribution in [0.5, 0.6) is 0 Å². The van der Waals surface area contributed by atoms with Crippen LogP contribution in [0, 0.1) is 18.3 Å². The lowest BCUT2D eigenvalue weighted by molar-refractivity contribution is 1.14. The predicted octanol–water partition coefficient (Wildman–Crippen LogP) is 4.89. The van der Waals surface area contributed by atoms with E-state index in [1.165, 1.54) is 0 Å². The third kappa shape index (κ3) is 3.50. The summed E-state index contributed by atoms with van der Waals surface area (Å²) < 4.78 is 0.870. The van der Waals surface area contributed by atoms with Crippen molar-refractivity contribution in [1.29, 1.82) is 5.26 Å². The molecule has 0 saturated carbocycles. The highest BCUT2D eigenvalue weighted by molar-refractivity contribution is 9.10. The number of hydrogen-bond acceptors (Lipinski definition) is 2. The van der Waals surface area contributed by atoms with E-state index in [4.69, 9.17) is 16.9 Å². The van der Waals surface area contributed by atoms with Gasteiger partial charge in [-0.2, -0.15) is 5.26 Å². The van der Waals surface area contributed by atoms with Gasteiger partial charge in [0.1, 0.15) is 0 Å². The number of benzene rings is 2. The summed E-state index contributed by atoms with van der Waals surface area (Å²) in [7, 11) is 0. The lowest BCUT2D eigenvalue weighted by Crippen LogP contribution is -2.01. The Labute approximate surface area is 126 Å². The van der Waals surface area contributed by atoms with Gasteiger partial charge in [-0.3, -0.25) is 0 Å². The van der Waals surface area contributed by atoms with E-state index in [0.717, 1.165) is 26.3 Å². The second kappa shape index (κ2) is 6.10. The molecule has 0 aliphatic heterocycles. The molecule has 96 valence electrons. The number of nitrogens with one attached hydrogen (secondary N) is 1. The average molecular weight is 336 g/mol. The average Bonchev–Trinajstić information content (AvgIpc) is 2.39. The Balaban J connectivity index is 2.13. The van der Waals surface area contributed by atoms with Gasteiger partial charge in [0.15, 0.2) is 0 Å². The summed E-state index contributed by atoms with van der Waals surface area (Å²) in [5.41, 5.74) is 3.76. The SMILES string of the molecule is Cc1ccc(CNc2ccc(C#N)cc2Br)c(Cl)c1. The highest BCUT2D eigenvalue weighted by Gasteiger charge is 2.04. The standard InChI is InChI=1S/C15H12BrClN2/c1-10-2-4-12(14(17)6-10)9-19-15-5-3-11(8-18)7-13(15)16/h2-7,19H,9H2,1H3. The molecule has 0 unspecified atom stereocenters. The predicted molar refractivity (Wildman–Crippen MR) is 82.4 cm³/mol. The van der Waals surface area contributed by atoms with Gasteiger partial charge in [-0.15, -0.1) is 0 Å². The smallest absolute Gasteiger partial charge is 0.0992 e. The number of aryl methyl sites for hydroxylation is 1. The number of nitriles is 1. The van der Waals surface area contributed by atoms with E-state index in [2.05, 4.69) is 27.3 Å². The topological polar surface area (TPSA) is 35.8 Å². The molecule has 2 aromatic carbocycles. The van der Waals surface area contributed by atoms with Crippen LogP contribution in [0.1, 0.15) is 16.7 Å². The van der Waals surface area contributed by atoms with Crippen LogP contribution in [-0.2, 0) is 6.54 Å². The minimum Gasteiger partial charge on any atom is -0.380 e. The van der Waals surface area contributed by atoms with Crippen molar-refractivity contribution in [2.24, 2.45) is 0 Å². The van der Waals surface area contributed by atoms with Gasteiger partial charge < -0.3 is 5.32 Å². The van der Waals surface area contributed by atoms with E-state index in [1.807, 2.05) is 31.2 Å². The van der Waals surface area contributed by atoms with Crippen LogP contribution >= 0.6 is 27.5 Å². The third-order valence-corrected chi connectivity index (χ3v) is 3.78. The van der Waals surface area contributed by atoms with Crippen LogP contribution in [0.3, 0.4) is 0 Å². The van der Waals surface area contributed by atoms with Gasteiger partial charge in [-0.1, -0.05) is 23.7 Å². The minimum absolute atomic E-state index is 0.630. The van der Waals surface area contributed by atoms with Crippen molar-refractivity contribution < 1.29 is 0 Å². The van der Waals surface area contributed by atoms with Gasteiger partial charge in [0.05, 0.1) is 11.6 Å². The van der Waals surface area contributed by atoms with E-state index >= 15 is 0 Å². The number of rotatable bonds is 3. The molecular formula is C15H12BrClN2. The fourth-order valence-corrected chi connectivity index (χ4v) is 2.54. The molecule has 0 bridgehead atoms. The van der Waals surface area contributed by atoms with E-state index in [9.17, 15) is 0 Å². The van der Waals surface area contributed by atoms with Gasteiger partial charge >= 0.3 is 0 Å². The van der Waals surface area contributed by atoms with Gasteiger partial charge in [-0.05, 0) is 58.2 Å². The Morgan fingerprint density at radius 2 is 2.05 bits per heavy atom. The monoisotopic (exact) mass is 334 g/mol. The van der Waals surface area contributed by atoms with E-state index in [1.54, 1.807) is 12.1 Å². The van der Waals surface area contributed by atoms with E-state index < -0.39 is 0 Å². The molecule has 0 aliphatic rings. The molecule has 2 nitrogen and oxygen atoms in total. The second-order valence-corrected chi connectivity index (χ2v) is 5.52. The van der Waals surface area contributed by atoms with Crippen molar-refractivity contribution in [2.45, 2.75) is 13.5 Å². The van der Waals surface area contributed by atoms with Crippen molar-refractivity contribution in [1.82, 2.24) is 0 Å². The molecule has 0 radical (unpaired) electrons. The Morgan fingerprint density at radius 3 is 2.68 bits per heavy atom. The number of hydrogen-bond donors (Lipinski definition) is 1. The largest absolute Gasteiger partial charge is 0.380 e. The molecule has 2 aromatic rings.